The maximum atomic E-state index is 12.0. The van der Waals surface area contributed by atoms with E-state index in [9.17, 15) is 9.59 Å². The molecule has 2 saturated heterocycles. The third kappa shape index (κ3) is 4.94. The van der Waals surface area contributed by atoms with Gasteiger partial charge in [0.2, 0.25) is 5.91 Å². The van der Waals surface area contributed by atoms with E-state index in [1.54, 1.807) is 0 Å². The van der Waals surface area contributed by atoms with Crippen molar-refractivity contribution >= 4 is 11.9 Å². The zero-order valence-corrected chi connectivity index (χ0v) is 12.5. The van der Waals surface area contributed by atoms with Gasteiger partial charge < -0.3 is 19.5 Å². The van der Waals surface area contributed by atoms with Crippen LogP contribution >= 0.6 is 0 Å². The zero-order chi connectivity index (χ0) is 15.3. The highest BCUT2D eigenvalue weighted by Crippen LogP contribution is 2.24. The van der Waals surface area contributed by atoms with Gasteiger partial charge in [-0.3, -0.25) is 9.69 Å². The fourth-order valence-corrected chi connectivity index (χ4v) is 2.81. The van der Waals surface area contributed by atoms with Gasteiger partial charge in [-0.05, 0) is 19.9 Å². The molecule has 7 nitrogen and oxygen atoms in total. The van der Waals surface area contributed by atoms with Gasteiger partial charge in [-0.15, -0.1) is 0 Å². The summed E-state index contributed by atoms with van der Waals surface area (Å²) in [5.41, 5.74) is -0.355. The molecule has 0 atom stereocenters. The fraction of sp³-hybridized carbons (Fsp3) is 0.857. The van der Waals surface area contributed by atoms with Crippen LogP contribution in [-0.4, -0.2) is 84.9 Å². The van der Waals surface area contributed by atoms with Gasteiger partial charge in [-0.2, -0.15) is 0 Å². The van der Waals surface area contributed by atoms with Crippen LogP contribution in [0.4, 0.5) is 0 Å². The molecule has 2 fully saturated rings. The average Bonchev–Trinajstić information content (AvgIpc) is 2.44. The molecule has 0 aromatic rings. The van der Waals surface area contributed by atoms with Gasteiger partial charge in [-0.25, -0.2) is 4.79 Å². The molecule has 2 heterocycles. The summed E-state index contributed by atoms with van der Waals surface area (Å²) < 4.78 is 10.6. The number of carbonyl (C=O) groups is 2. The van der Waals surface area contributed by atoms with E-state index in [-0.39, 0.29) is 18.1 Å². The van der Waals surface area contributed by atoms with Crippen molar-refractivity contribution in [2.75, 3.05) is 52.5 Å². The second-order valence-electron chi connectivity index (χ2n) is 5.94. The molecule has 0 aromatic heterocycles. The highest BCUT2D eigenvalue weighted by Gasteiger charge is 2.39. The van der Waals surface area contributed by atoms with Gasteiger partial charge in [-0.1, -0.05) is 0 Å². The van der Waals surface area contributed by atoms with E-state index >= 15 is 0 Å². The molecule has 1 amide bonds. The second-order valence-corrected chi connectivity index (χ2v) is 5.94. The van der Waals surface area contributed by atoms with Gasteiger partial charge in [0.25, 0.3) is 0 Å². The number of carboxylic acids is 1. The zero-order valence-electron chi connectivity index (χ0n) is 12.5. The maximum absolute atomic E-state index is 12.0. The molecule has 21 heavy (non-hydrogen) atoms. The Hall–Kier alpha value is -1.18. The minimum Gasteiger partial charge on any atom is -0.480 e. The van der Waals surface area contributed by atoms with Crippen LogP contribution < -0.4 is 0 Å². The summed E-state index contributed by atoms with van der Waals surface area (Å²) in [5, 5.41) is 8.60. The molecule has 0 aromatic carbocycles. The van der Waals surface area contributed by atoms with E-state index in [0.717, 1.165) is 26.1 Å². The number of likely N-dealkylation sites (tertiary alicyclic amines) is 1. The van der Waals surface area contributed by atoms with Crippen molar-refractivity contribution in [3.63, 3.8) is 0 Å². The highest BCUT2D eigenvalue weighted by atomic mass is 16.5. The van der Waals surface area contributed by atoms with E-state index < -0.39 is 5.97 Å². The number of rotatable bonds is 7. The number of aliphatic carboxylic acids is 1. The first-order valence-electron chi connectivity index (χ1n) is 7.42. The number of carbonyl (C=O) groups excluding carboxylic acids is 1. The minimum atomic E-state index is -0.939. The van der Waals surface area contributed by atoms with E-state index in [1.807, 2.05) is 11.8 Å². The van der Waals surface area contributed by atoms with Crippen molar-refractivity contribution < 1.29 is 24.2 Å². The first-order chi connectivity index (χ1) is 9.98. The van der Waals surface area contributed by atoms with Gasteiger partial charge in [0.15, 0.2) is 0 Å². The Kier molecular flexibility index (Phi) is 5.55. The molecule has 1 N–H and O–H groups in total. The molecule has 0 spiro atoms. The quantitative estimate of drug-likeness (QED) is 0.701. The molecule has 0 aliphatic carbocycles. The maximum Gasteiger partial charge on any atom is 0.329 e. The van der Waals surface area contributed by atoms with Crippen LogP contribution in [0.5, 0.6) is 0 Å². The van der Waals surface area contributed by atoms with Crippen LogP contribution in [0.2, 0.25) is 0 Å². The summed E-state index contributed by atoms with van der Waals surface area (Å²) >= 11 is 0. The third-order valence-electron chi connectivity index (χ3n) is 3.89. The molecule has 7 heteroatoms. The van der Waals surface area contributed by atoms with Gasteiger partial charge >= 0.3 is 5.97 Å². The Morgan fingerprint density at radius 3 is 2.57 bits per heavy atom. The molecule has 0 radical (unpaired) electrons. The summed E-state index contributed by atoms with van der Waals surface area (Å²) in [6, 6.07) is 0. The monoisotopic (exact) mass is 300 g/mol. The molecular formula is C14H24N2O5. The van der Waals surface area contributed by atoms with Crippen molar-refractivity contribution in [1.82, 2.24) is 9.80 Å². The average molecular weight is 300 g/mol. The van der Waals surface area contributed by atoms with Crippen LogP contribution in [0.25, 0.3) is 0 Å². The first kappa shape index (κ1) is 16.2. The molecule has 0 unspecified atom stereocenters. The first-order valence-corrected chi connectivity index (χ1v) is 7.42. The standard InChI is InChI=1S/C14H24N2O5/c1-14(21-9-13(18)19)10-15(11-14)4-2-3-12(17)16-5-7-20-8-6-16/h2-11H2,1H3,(H,18,19). The third-order valence-corrected chi connectivity index (χ3v) is 3.89. The lowest BCUT2D eigenvalue weighted by Crippen LogP contribution is -2.61. The summed E-state index contributed by atoms with van der Waals surface area (Å²) in [6.07, 6.45) is 1.38. The predicted molar refractivity (Wildman–Crippen MR) is 75.1 cm³/mol. The number of carboxylic acid groups (broad SMARTS) is 1. The van der Waals surface area contributed by atoms with Crippen molar-refractivity contribution in [1.29, 1.82) is 0 Å². The van der Waals surface area contributed by atoms with Crippen molar-refractivity contribution in [3.8, 4) is 0 Å². The molecule has 120 valence electrons. The van der Waals surface area contributed by atoms with Crippen molar-refractivity contribution in [2.24, 2.45) is 0 Å². The summed E-state index contributed by atoms with van der Waals surface area (Å²) in [6.45, 7) is 6.65. The number of nitrogens with zero attached hydrogens (tertiary/aromatic N) is 2. The Morgan fingerprint density at radius 2 is 1.95 bits per heavy atom. The second kappa shape index (κ2) is 7.20. The molecule has 2 aliphatic heterocycles. The Balaban J connectivity index is 1.56. The van der Waals surface area contributed by atoms with Crippen molar-refractivity contribution in [2.45, 2.75) is 25.4 Å². The van der Waals surface area contributed by atoms with Crippen LogP contribution in [-0.2, 0) is 19.1 Å². The van der Waals surface area contributed by atoms with Crippen LogP contribution in [0.1, 0.15) is 19.8 Å². The Bertz CT molecular complexity index is 376. The SMILES string of the molecule is CC1(OCC(=O)O)CN(CCCC(=O)N2CCOCC2)C1. The normalized spacial score (nSPS) is 21.9. The molecular weight excluding hydrogens is 276 g/mol. The predicted octanol–water partition coefficient (Wildman–Crippen LogP) is -0.199. The number of morpholine rings is 1. The lowest BCUT2D eigenvalue weighted by Gasteiger charge is -2.47. The summed E-state index contributed by atoms with van der Waals surface area (Å²) in [5.74, 6) is -0.741. The number of hydrogen-bond donors (Lipinski definition) is 1. The van der Waals surface area contributed by atoms with Gasteiger partial charge in [0.1, 0.15) is 6.61 Å². The lowest BCUT2D eigenvalue weighted by molar-refractivity contribution is -0.165. The molecule has 2 aliphatic rings. The smallest absolute Gasteiger partial charge is 0.329 e. The Morgan fingerprint density at radius 1 is 1.29 bits per heavy atom. The topological polar surface area (TPSA) is 79.3 Å². The van der Waals surface area contributed by atoms with Crippen LogP contribution in [0.3, 0.4) is 0 Å². The Labute approximate surface area is 124 Å². The van der Waals surface area contributed by atoms with Gasteiger partial charge in [0, 0.05) is 32.6 Å². The van der Waals surface area contributed by atoms with Gasteiger partial charge in [0.05, 0.1) is 18.8 Å². The van der Waals surface area contributed by atoms with Crippen LogP contribution in [0, 0.1) is 0 Å². The molecule has 0 saturated carbocycles. The van der Waals surface area contributed by atoms with E-state index in [2.05, 4.69) is 4.90 Å². The number of hydrogen-bond acceptors (Lipinski definition) is 5. The van der Waals surface area contributed by atoms with Crippen molar-refractivity contribution in [3.05, 3.63) is 0 Å². The highest BCUT2D eigenvalue weighted by molar-refractivity contribution is 5.76. The minimum absolute atomic E-state index is 0.198. The number of amides is 1. The van der Waals surface area contributed by atoms with Crippen LogP contribution in [0.15, 0.2) is 0 Å². The molecule has 0 bridgehead atoms. The summed E-state index contributed by atoms with van der Waals surface area (Å²) in [7, 11) is 0. The fourth-order valence-electron chi connectivity index (χ4n) is 2.81. The summed E-state index contributed by atoms with van der Waals surface area (Å²) in [4.78, 5) is 26.5. The largest absolute Gasteiger partial charge is 0.480 e. The van der Waals surface area contributed by atoms with E-state index in [1.165, 1.54) is 0 Å². The van der Waals surface area contributed by atoms with E-state index in [4.69, 9.17) is 14.6 Å². The molecule has 2 rings (SSSR count). The number of ether oxygens (including phenoxy) is 2. The lowest BCUT2D eigenvalue weighted by atomic mass is 9.96. The van der Waals surface area contributed by atoms with E-state index in [0.29, 0.717) is 32.7 Å².